The molecule has 200 valence electrons. The lowest BCUT2D eigenvalue weighted by Gasteiger charge is -2.37. The minimum absolute atomic E-state index is 0.0429. The Morgan fingerprint density at radius 3 is 2.53 bits per heavy atom. The molecule has 0 saturated carbocycles. The Labute approximate surface area is 218 Å². The maximum atomic E-state index is 14.2. The van der Waals surface area contributed by atoms with Crippen LogP contribution in [0.5, 0.6) is 5.75 Å². The number of nitrogens with one attached hydrogen (secondary N) is 1. The fourth-order valence-corrected chi connectivity index (χ4v) is 5.06. The average molecular weight is 528 g/mol. The molecule has 2 N–H and O–H groups in total. The van der Waals surface area contributed by atoms with Gasteiger partial charge in [0.15, 0.2) is 11.6 Å². The number of hydrogen-bond acceptors (Lipinski definition) is 5. The second-order valence-electron chi connectivity index (χ2n) is 10.2. The molecule has 0 aromatic heterocycles. The Bertz CT molecular complexity index is 1390. The first-order chi connectivity index (χ1) is 17.9. The Morgan fingerprint density at radius 1 is 1.05 bits per heavy atom. The number of amides is 1. The number of carbonyl (C=O) groups is 2. The summed E-state index contributed by atoms with van der Waals surface area (Å²) in [7, 11) is 1.45. The molecule has 9 heteroatoms. The van der Waals surface area contributed by atoms with E-state index in [0.717, 1.165) is 12.1 Å². The zero-order valence-corrected chi connectivity index (χ0v) is 21.2. The van der Waals surface area contributed by atoms with Crippen LogP contribution in [0.2, 0.25) is 0 Å². The number of anilines is 1. The smallest absolute Gasteiger partial charge is 0.338 e. The van der Waals surface area contributed by atoms with Crippen molar-refractivity contribution in [2.24, 2.45) is 0 Å². The molecule has 38 heavy (non-hydrogen) atoms. The molecule has 0 bridgehead atoms. The van der Waals surface area contributed by atoms with E-state index in [1.807, 2.05) is 0 Å². The van der Waals surface area contributed by atoms with E-state index >= 15 is 0 Å². The van der Waals surface area contributed by atoms with Crippen LogP contribution in [0, 0.1) is 17.5 Å². The van der Waals surface area contributed by atoms with Gasteiger partial charge in [-0.1, -0.05) is 19.9 Å². The van der Waals surface area contributed by atoms with Crippen LogP contribution in [0.3, 0.4) is 0 Å². The highest BCUT2D eigenvalue weighted by Gasteiger charge is 2.39. The number of cyclic esters (lactones) is 1. The summed E-state index contributed by atoms with van der Waals surface area (Å²) >= 11 is 0. The zero-order chi connectivity index (χ0) is 27.7. The molecule has 3 aromatic carbocycles. The summed E-state index contributed by atoms with van der Waals surface area (Å²) in [6.07, 6.45) is -0.621. The number of esters is 1. The summed E-state index contributed by atoms with van der Waals surface area (Å²) in [6.45, 7) is 3.65. The summed E-state index contributed by atoms with van der Waals surface area (Å²) in [6, 6.07) is 12.1. The van der Waals surface area contributed by atoms with Crippen LogP contribution in [0.4, 0.5) is 18.9 Å². The Balaban J connectivity index is 1.62. The van der Waals surface area contributed by atoms with Crippen LogP contribution >= 0.6 is 0 Å². The third-order valence-corrected chi connectivity index (χ3v) is 6.64. The molecule has 4 rings (SSSR count). The zero-order valence-electron chi connectivity index (χ0n) is 21.2. The molecular weight excluding hydrogens is 499 g/mol. The van der Waals surface area contributed by atoms with Crippen molar-refractivity contribution in [2.45, 2.75) is 50.7 Å². The predicted octanol–water partition coefficient (Wildman–Crippen LogP) is 5.45. The van der Waals surface area contributed by atoms with Crippen LogP contribution in [0.25, 0.3) is 0 Å². The highest BCUT2D eigenvalue weighted by atomic mass is 19.2. The molecule has 1 aliphatic heterocycles. The quantitative estimate of drug-likeness (QED) is 0.362. The van der Waals surface area contributed by atoms with Crippen LogP contribution < -0.4 is 10.1 Å². The third kappa shape index (κ3) is 5.99. The molecule has 6 nitrogen and oxygen atoms in total. The first-order valence-corrected chi connectivity index (χ1v) is 12.0. The van der Waals surface area contributed by atoms with Gasteiger partial charge in [-0.05, 0) is 65.9 Å². The molecule has 0 saturated heterocycles. The molecule has 1 amide bonds. The molecule has 0 fully saturated rings. The molecule has 1 unspecified atom stereocenters. The molecule has 1 aliphatic rings. The highest BCUT2D eigenvalue weighted by molar-refractivity contribution is 5.96. The van der Waals surface area contributed by atoms with Gasteiger partial charge in [-0.3, -0.25) is 4.79 Å². The Kier molecular flexibility index (Phi) is 7.51. The van der Waals surface area contributed by atoms with Crippen molar-refractivity contribution in [1.82, 2.24) is 0 Å². The fraction of sp³-hybridized carbons (Fsp3) is 0.310. The van der Waals surface area contributed by atoms with Crippen molar-refractivity contribution in [3.05, 3.63) is 94.3 Å². The van der Waals surface area contributed by atoms with E-state index in [2.05, 4.69) is 5.32 Å². The van der Waals surface area contributed by atoms with Crippen molar-refractivity contribution < 1.29 is 37.3 Å². The topological polar surface area (TPSA) is 84.9 Å². The molecule has 0 aliphatic carbocycles. The van der Waals surface area contributed by atoms with Crippen molar-refractivity contribution in [3.63, 3.8) is 0 Å². The molecular formula is C29H28F3NO5. The number of hydrogen-bond donors (Lipinski definition) is 2. The van der Waals surface area contributed by atoms with E-state index in [1.165, 1.54) is 31.4 Å². The number of rotatable bonds is 9. The van der Waals surface area contributed by atoms with Crippen molar-refractivity contribution in [2.75, 3.05) is 12.4 Å². The van der Waals surface area contributed by atoms with E-state index in [-0.39, 0.29) is 25.0 Å². The highest BCUT2D eigenvalue weighted by Crippen LogP contribution is 2.40. The van der Waals surface area contributed by atoms with E-state index < -0.39 is 46.8 Å². The molecule has 0 radical (unpaired) electrons. The maximum absolute atomic E-state index is 14.2. The first kappa shape index (κ1) is 27.2. The van der Waals surface area contributed by atoms with E-state index in [1.54, 1.807) is 32.0 Å². The second-order valence-corrected chi connectivity index (χ2v) is 10.2. The van der Waals surface area contributed by atoms with E-state index in [4.69, 9.17) is 9.47 Å². The van der Waals surface area contributed by atoms with Gasteiger partial charge in [-0.2, -0.15) is 0 Å². The first-order valence-electron chi connectivity index (χ1n) is 12.0. The van der Waals surface area contributed by atoms with Gasteiger partial charge in [0, 0.05) is 23.2 Å². The molecule has 3 aromatic rings. The SMILES string of the molecule is COc1ccc(F)cc1C(C)(C)CC(O)(CC(=O)Nc1ccc2c(c1)COC2=O)Cc1ccc(F)c(F)c1. The number of aliphatic hydroxyl groups is 1. The second kappa shape index (κ2) is 10.5. The Morgan fingerprint density at radius 2 is 1.82 bits per heavy atom. The molecule has 1 heterocycles. The van der Waals surface area contributed by atoms with Crippen LogP contribution in [-0.2, 0) is 28.0 Å². The lowest BCUT2D eigenvalue weighted by molar-refractivity contribution is -0.121. The summed E-state index contributed by atoms with van der Waals surface area (Å²) < 4.78 is 52.0. The van der Waals surface area contributed by atoms with E-state index in [0.29, 0.717) is 28.1 Å². The lowest BCUT2D eigenvalue weighted by Crippen LogP contribution is -2.42. The number of methoxy groups -OCH3 is 1. The van der Waals surface area contributed by atoms with Crippen molar-refractivity contribution in [3.8, 4) is 5.75 Å². The predicted molar refractivity (Wildman–Crippen MR) is 134 cm³/mol. The van der Waals surface area contributed by atoms with Gasteiger partial charge in [0.25, 0.3) is 0 Å². The summed E-state index contributed by atoms with van der Waals surface area (Å²) in [5.74, 6) is -3.16. The third-order valence-electron chi connectivity index (χ3n) is 6.64. The van der Waals surface area contributed by atoms with Gasteiger partial charge in [0.05, 0.1) is 24.7 Å². The monoisotopic (exact) mass is 527 g/mol. The number of fused-ring (bicyclic) bond motifs is 1. The summed E-state index contributed by atoms with van der Waals surface area (Å²) in [5, 5.41) is 14.5. The van der Waals surface area contributed by atoms with Gasteiger partial charge in [-0.25, -0.2) is 18.0 Å². The van der Waals surface area contributed by atoms with Gasteiger partial charge in [0.1, 0.15) is 18.2 Å². The van der Waals surface area contributed by atoms with Gasteiger partial charge in [0.2, 0.25) is 5.91 Å². The number of benzene rings is 3. The largest absolute Gasteiger partial charge is 0.496 e. The van der Waals surface area contributed by atoms with Crippen LogP contribution in [0.15, 0.2) is 54.6 Å². The van der Waals surface area contributed by atoms with Crippen molar-refractivity contribution >= 4 is 17.6 Å². The minimum atomic E-state index is -1.75. The Hall–Kier alpha value is -3.85. The van der Waals surface area contributed by atoms with E-state index in [9.17, 15) is 27.9 Å². The molecule has 0 spiro atoms. The normalized spacial score (nSPS) is 14.4. The number of ether oxygens (including phenoxy) is 2. The van der Waals surface area contributed by atoms with Gasteiger partial charge < -0.3 is 19.9 Å². The summed E-state index contributed by atoms with van der Waals surface area (Å²) in [4.78, 5) is 24.8. The maximum Gasteiger partial charge on any atom is 0.338 e. The standard InChI is InChI=1S/C29H28F3NO5/c1-28(2,22-12-19(30)5-9-25(22)37-3)16-29(36,13-17-4-8-23(31)24(32)10-17)14-26(34)33-20-6-7-21-18(11-20)15-38-27(21)35/h4-12,36H,13-16H2,1-3H3,(H,33,34). The van der Waals surface area contributed by atoms with Crippen LogP contribution in [-0.4, -0.2) is 29.7 Å². The number of halogens is 3. The van der Waals surface area contributed by atoms with Gasteiger partial charge >= 0.3 is 5.97 Å². The lowest BCUT2D eigenvalue weighted by atomic mass is 9.72. The van der Waals surface area contributed by atoms with Gasteiger partial charge in [-0.15, -0.1) is 0 Å². The van der Waals surface area contributed by atoms with Crippen LogP contribution in [0.1, 0.15) is 53.7 Å². The molecule has 1 atom stereocenters. The average Bonchev–Trinajstić information content (AvgIpc) is 3.20. The minimum Gasteiger partial charge on any atom is -0.496 e. The van der Waals surface area contributed by atoms with Crippen molar-refractivity contribution in [1.29, 1.82) is 0 Å². The number of carbonyl (C=O) groups excluding carboxylic acids is 2. The fourth-order valence-electron chi connectivity index (χ4n) is 5.06. The summed E-state index contributed by atoms with van der Waals surface area (Å²) in [5.41, 5.74) is -0.417.